The summed E-state index contributed by atoms with van der Waals surface area (Å²) in [4.78, 5) is 3.17. The molecule has 0 fully saturated rings. The Kier molecular flexibility index (Phi) is 3.73. The Hall–Kier alpha value is -2.56. The molecule has 2 N–H and O–H groups in total. The van der Waals surface area contributed by atoms with Crippen molar-refractivity contribution in [3.63, 3.8) is 0 Å². The van der Waals surface area contributed by atoms with E-state index >= 15 is 0 Å². The van der Waals surface area contributed by atoms with E-state index in [1.54, 1.807) is 12.1 Å². The first-order valence-corrected chi connectivity index (χ1v) is 6.55. The second-order valence-electron chi connectivity index (χ2n) is 4.66. The third kappa shape index (κ3) is 3.31. The molecule has 0 saturated heterocycles. The van der Waals surface area contributed by atoms with Crippen LogP contribution in [0, 0.1) is 0 Å². The summed E-state index contributed by atoms with van der Waals surface area (Å²) in [7, 11) is 0. The van der Waals surface area contributed by atoms with Gasteiger partial charge < -0.3 is 15.0 Å². The van der Waals surface area contributed by atoms with Gasteiger partial charge in [0.25, 0.3) is 0 Å². The van der Waals surface area contributed by atoms with Crippen LogP contribution in [0.1, 0.15) is 5.56 Å². The van der Waals surface area contributed by atoms with Crippen LogP contribution in [-0.2, 0) is 6.54 Å². The van der Waals surface area contributed by atoms with Crippen LogP contribution < -0.4 is 10.1 Å². The Bertz CT molecular complexity index is 722. The Morgan fingerprint density at radius 2 is 1.86 bits per heavy atom. The molecular formula is C16H14F2N2O. The van der Waals surface area contributed by atoms with E-state index < -0.39 is 6.61 Å². The molecule has 0 atom stereocenters. The minimum Gasteiger partial charge on any atom is -0.435 e. The number of hydrogen-bond donors (Lipinski definition) is 2. The molecule has 1 heterocycles. The lowest BCUT2D eigenvalue weighted by atomic mass is 10.1. The van der Waals surface area contributed by atoms with Crippen molar-refractivity contribution in [1.82, 2.24) is 4.98 Å². The van der Waals surface area contributed by atoms with Crippen molar-refractivity contribution >= 4 is 16.6 Å². The highest BCUT2D eigenvalue weighted by Gasteiger charge is 2.03. The van der Waals surface area contributed by atoms with Gasteiger partial charge in [-0.25, -0.2) is 0 Å². The summed E-state index contributed by atoms with van der Waals surface area (Å²) >= 11 is 0. The van der Waals surface area contributed by atoms with Crippen molar-refractivity contribution in [3.8, 4) is 5.75 Å². The third-order valence-electron chi connectivity index (χ3n) is 3.20. The molecule has 0 saturated carbocycles. The number of fused-ring (bicyclic) bond motifs is 1. The molecule has 21 heavy (non-hydrogen) atoms. The van der Waals surface area contributed by atoms with Crippen LogP contribution in [0.4, 0.5) is 14.5 Å². The molecule has 0 amide bonds. The maximum absolute atomic E-state index is 12.1. The van der Waals surface area contributed by atoms with Crippen LogP contribution in [0.5, 0.6) is 5.75 Å². The highest BCUT2D eigenvalue weighted by atomic mass is 19.3. The number of benzene rings is 2. The molecule has 0 bridgehead atoms. The lowest BCUT2D eigenvalue weighted by Gasteiger charge is -2.08. The molecular weight excluding hydrogens is 274 g/mol. The number of nitrogens with one attached hydrogen (secondary N) is 2. The van der Waals surface area contributed by atoms with Crippen molar-refractivity contribution in [2.75, 3.05) is 5.32 Å². The monoisotopic (exact) mass is 288 g/mol. The number of aromatic amines is 1. The predicted octanol–water partition coefficient (Wildman–Crippen LogP) is 4.38. The number of hydrogen-bond acceptors (Lipinski definition) is 2. The zero-order valence-corrected chi connectivity index (χ0v) is 11.1. The normalized spacial score (nSPS) is 11.0. The first kappa shape index (κ1) is 13.4. The maximum Gasteiger partial charge on any atom is 0.387 e. The molecule has 1 aromatic heterocycles. The minimum absolute atomic E-state index is 0.156. The van der Waals surface area contributed by atoms with Gasteiger partial charge in [-0.2, -0.15) is 8.78 Å². The first-order chi connectivity index (χ1) is 10.2. The minimum atomic E-state index is -2.80. The third-order valence-corrected chi connectivity index (χ3v) is 3.20. The molecule has 3 rings (SSSR count). The molecule has 0 unspecified atom stereocenters. The predicted molar refractivity (Wildman–Crippen MR) is 78.7 cm³/mol. The number of halogens is 2. The van der Waals surface area contributed by atoms with Crippen molar-refractivity contribution in [2.45, 2.75) is 13.2 Å². The van der Waals surface area contributed by atoms with Gasteiger partial charge in [0.2, 0.25) is 0 Å². The van der Waals surface area contributed by atoms with Gasteiger partial charge in [0.05, 0.1) is 0 Å². The van der Waals surface area contributed by atoms with Gasteiger partial charge in [-0.05, 0) is 47.3 Å². The summed E-state index contributed by atoms with van der Waals surface area (Å²) in [6, 6.07) is 14.7. The number of aromatic nitrogens is 1. The quantitative estimate of drug-likeness (QED) is 0.731. The summed E-state index contributed by atoms with van der Waals surface area (Å²) < 4.78 is 28.4. The number of ether oxygens (including phenoxy) is 1. The second-order valence-corrected chi connectivity index (χ2v) is 4.66. The van der Waals surface area contributed by atoms with Crippen LogP contribution in [-0.4, -0.2) is 11.6 Å². The fraction of sp³-hybridized carbons (Fsp3) is 0.125. The van der Waals surface area contributed by atoms with E-state index in [9.17, 15) is 8.78 Å². The van der Waals surface area contributed by atoms with Crippen LogP contribution in [0.15, 0.2) is 54.7 Å². The van der Waals surface area contributed by atoms with Crippen LogP contribution in [0.2, 0.25) is 0 Å². The highest BCUT2D eigenvalue weighted by Crippen LogP contribution is 2.19. The van der Waals surface area contributed by atoms with Crippen molar-refractivity contribution in [1.29, 1.82) is 0 Å². The zero-order chi connectivity index (χ0) is 14.7. The number of H-pyrrole nitrogens is 1. The summed E-state index contributed by atoms with van der Waals surface area (Å²) in [6.07, 6.45) is 1.91. The number of rotatable bonds is 5. The Morgan fingerprint density at radius 1 is 1.05 bits per heavy atom. The van der Waals surface area contributed by atoms with E-state index in [1.165, 1.54) is 17.5 Å². The average Bonchev–Trinajstić information content (AvgIpc) is 2.93. The SMILES string of the molecule is FC(F)Oc1ccc(NCc2ccc3cc[nH]c3c2)cc1. The van der Waals surface area contributed by atoms with Crippen LogP contribution >= 0.6 is 0 Å². The van der Waals surface area contributed by atoms with Crippen molar-refractivity contribution in [3.05, 3.63) is 60.3 Å². The van der Waals surface area contributed by atoms with Crippen molar-refractivity contribution < 1.29 is 13.5 Å². The van der Waals surface area contributed by atoms with Gasteiger partial charge in [0, 0.05) is 23.9 Å². The van der Waals surface area contributed by atoms with Crippen LogP contribution in [0.25, 0.3) is 10.9 Å². The van der Waals surface area contributed by atoms with Gasteiger partial charge in [0.1, 0.15) is 5.75 Å². The summed E-state index contributed by atoms with van der Waals surface area (Å²) in [5.41, 5.74) is 3.08. The van der Waals surface area contributed by atoms with Gasteiger partial charge in [-0.15, -0.1) is 0 Å². The lowest BCUT2D eigenvalue weighted by Crippen LogP contribution is -2.02. The van der Waals surface area contributed by atoms with E-state index in [1.807, 2.05) is 12.3 Å². The Balaban J connectivity index is 1.63. The number of alkyl halides is 2. The number of anilines is 1. The van der Waals surface area contributed by atoms with Gasteiger partial charge in [-0.3, -0.25) is 0 Å². The smallest absolute Gasteiger partial charge is 0.387 e. The van der Waals surface area contributed by atoms with Gasteiger partial charge in [-0.1, -0.05) is 12.1 Å². The van der Waals surface area contributed by atoms with Gasteiger partial charge >= 0.3 is 6.61 Å². The van der Waals surface area contributed by atoms with Crippen LogP contribution in [0.3, 0.4) is 0 Å². The molecule has 0 aliphatic heterocycles. The fourth-order valence-electron chi connectivity index (χ4n) is 2.16. The molecule has 108 valence electrons. The Labute approximate surface area is 120 Å². The van der Waals surface area contributed by atoms with E-state index in [4.69, 9.17) is 0 Å². The Morgan fingerprint density at radius 3 is 2.62 bits per heavy atom. The highest BCUT2D eigenvalue weighted by molar-refractivity contribution is 5.79. The fourth-order valence-corrected chi connectivity index (χ4v) is 2.16. The first-order valence-electron chi connectivity index (χ1n) is 6.55. The maximum atomic E-state index is 12.1. The summed E-state index contributed by atoms with van der Waals surface area (Å²) in [6.45, 7) is -2.14. The largest absolute Gasteiger partial charge is 0.435 e. The van der Waals surface area contributed by atoms with Gasteiger partial charge in [0.15, 0.2) is 0 Å². The summed E-state index contributed by atoms with van der Waals surface area (Å²) in [5.74, 6) is 0.156. The van der Waals surface area contributed by atoms with E-state index in [0.29, 0.717) is 6.54 Å². The second kappa shape index (κ2) is 5.83. The molecule has 0 aliphatic carbocycles. The molecule has 2 aromatic carbocycles. The summed E-state index contributed by atoms with van der Waals surface area (Å²) in [5, 5.41) is 4.41. The van der Waals surface area contributed by atoms with E-state index in [0.717, 1.165) is 16.8 Å². The molecule has 0 aliphatic rings. The van der Waals surface area contributed by atoms with Crippen molar-refractivity contribution in [2.24, 2.45) is 0 Å². The lowest BCUT2D eigenvalue weighted by molar-refractivity contribution is -0.0498. The molecule has 0 spiro atoms. The molecule has 5 heteroatoms. The standard InChI is InChI=1S/C16H14F2N2O/c17-16(18)21-14-5-3-13(4-6-14)20-10-11-1-2-12-7-8-19-15(12)9-11/h1-9,16,19-20H,10H2. The average molecular weight is 288 g/mol. The molecule has 0 radical (unpaired) electrons. The molecule has 3 aromatic rings. The topological polar surface area (TPSA) is 37.0 Å². The molecule has 3 nitrogen and oxygen atoms in total. The van der Waals surface area contributed by atoms with E-state index in [-0.39, 0.29) is 5.75 Å². The van der Waals surface area contributed by atoms with E-state index in [2.05, 4.69) is 33.2 Å². The zero-order valence-electron chi connectivity index (χ0n) is 11.1.